The third-order valence-electron chi connectivity index (χ3n) is 3.80. The maximum absolute atomic E-state index is 12.2. The molecule has 0 heterocycles. The van der Waals surface area contributed by atoms with Crippen molar-refractivity contribution in [2.45, 2.75) is 19.9 Å². The lowest BCUT2D eigenvalue weighted by Crippen LogP contribution is -2.32. The van der Waals surface area contributed by atoms with Gasteiger partial charge < -0.3 is 5.32 Å². The van der Waals surface area contributed by atoms with Gasteiger partial charge in [0.15, 0.2) is 0 Å². The van der Waals surface area contributed by atoms with Gasteiger partial charge in [-0.15, -0.1) is 0 Å². The number of halogens is 1. The summed E-state index contributed by atoms with van der Waals surface area (Å²) in [6, 6.07) is 14.5. The van der Waals surface area contributed by atoms with Crippen molar-refractivity contribution in [3.8, 4) is 0 Å². The zero-order valence-electron chi connectivity index (χ0n) is 14.2. The summed E-state index contributed by atoms with van der Waals surface area (Å²) in [6.07, 6.45) is 1.21. The molecule has 0 fully saturated rings. The first-order chi connectivity index (χ1) is 11.8. The van der Waals surface area contributed by atoms with E-state index in [1.165, 1.54) is 4.31 Å². The van der Waals surface area contributed by atoms with E-state index in [1.54, 1.807) is 18.2 Å². The van der Waals surface area contributed by atoms with E-state index in [2.05, 4.69) is 5.32 Å². The second-order valence-electron chi connectivity index (χ2n) is 5.79. The fourth-order valence-electron chi connectivity index (χ4n) is 2.33. The van der Waals surface area contributed by atoms with E-state index in [9.17, 15) is 13.2 Å². The van der Waals surface area contributed by atoms with Crippen LogP contribution < -0.4 is 5.32 Å². The summed E-state index contributed by atoms with van der Waals surface area (Å²) in [5.74, 6) is -0.257. The number of carbonyl (C=O) groups excluding carboxylic acids is 1. The molecule has 1 amide bonds. The molecule has 0 unspecified atom stereocenters. The SMILES string of the molecule is Cc1c(Cl)cccc1NC(=O)CCN(Cc1ccccc1)S(C)(=O)=O. The van der Waals surface area contributed by atoms with Crippen LogP contribution >= 0.6 is 11.6 Å². The van der Waals surface area contributed by atoms with E-state index in [0.29, 0.717) is 10.7 Å². The van der Waals surface area contributed by atoms with Gasteiger partial charge in [0.05, 0.1) is 6.26 Å². The topological polar surface area (TPSA) is 66.5 Å². The van der Waals surface area contributed by atoms with E-state index in [4.69, 9.17) is 11.6 Å². The molecule has 0 aromatic heterocycles. The average Bonchev–Trinajstić information content (AvgIpc) is 2.55. The number of nitrogens with zero attached hydrogens (tertiary/aromatic N) is 1. The molecule has 25 heavy (non-hydrogen) atoms. The van der Waals surface area contributed by atoms with Crippen molar-refractivity contribution in [3.63, 3.8) is 0 Å². The molecule has 7 heteroatoms. The number of rotatable bonds is 7. The Morgan fingerprint density at radius 3 is 2.44 bits per heavy atom. The van der Waals surface area contributed by atoms with Crippen molar-refractivity contribution in [2.24, 2.45) is 0 Å². The number of sulfonamides is 1. The van der Waals surface area contributed by atoms with Crippen molar-refractivity contribution in [2.75, 3.05) is 18.1 Å². The fourth-order valence-corrected chi connectivity index (χ4v) is 3.31. The Labute approximate surface area is 153 Å². The molecule has 2 aromatic carbocycles. The molecule has 5 nitrogen and oxygen atoms in total. The van der Waals surface area contributed by atoms with Crippen LogP contribution in [-0.4, -0.2) is 31.4 Å². The Hall–Kier alpha value is -1.89. The van der Waals surface area contributed by atoms with Crippen LogP contribution in [0.5, 0.6) is 0 Å². The summed E-state index contributed by atoms with van der Waals surface area (Å²) in [5, 5.41) is 3.35. The van der Waals surface area contributed by atoms with Crippen molar-refractivity contribution in [1.82, 2.24) is 4.31 Å². The predicted molar refractivity (Wildman–Crippen MR) is 101 cm³/mol. The molecule has 0 bridgehead atoms. The Morgan fingerprint density at radius 2 is 1.80 bits per heavy atom. The van der Waals surface area contributed by atoms with Gasteiger partial charge in [-0.25, -0.2) is 8.42 Å². The summed E-state index contributed by atoms with van der Waals surface area (Å²) in [7, 11) is -3.41. The van der Waals surface area contributed by atoms with Crippen molar-refractivity contribution in [3.05, 3.63) is 64.7 Å². The Balaban J connectivity index is 2.00. The number of benzene rings is 2. The van der Waals surface area contributed by atoms with Crippen LogP contribution in [-0.2, 0) is 21.4 Å². The van der Waals surface area contributed by atoms with Crippen molar-refractivity contribution < 1.29 is 13.2 Å². The molecule has 0 saturated carbocycles. The molecule has 0 spiro atoms. The maximum Gasteiger partial charge on any atom is 0.225 e. The minimum absolute atomic E-state index is 0.0614. The van der Waals surface area contributed by atoms with Gasteiger partial charge in [0.1, 0.15) is 0 Å². The highest BCUT2D eigenvalue weighted by molar-refractivity contribution is 7.88. The highest BCUT2D eigenvalue weighted by Gasteiger charge is 2.18. The molecule has 0 aliphatic heterocycles. The molecule has 0 radical (unpaired) electrons. The van der Waals surface area contributed by atoms with Gasteiger partial charge in [0, 0.05) is 30.2 Å². The van der Waals surface area contributed by atoms with E-state index >= 15 is 0 Å². The van der Waals surface area contributed by atoms with Crippen LogP contribution in [0.1, 0.15) is 17.5 Å². The van der Waals surface area contributed by atoms with E-state index < -0.39 is 10.0 Å². The first-order valence-electron chi connectivity index (χ1n) is 7.81. The van der Waals surface area contributed by atoms with Crippen LogP contribution in [0.25, 0.3) is 0 Å². The summed E-state index contributed by atoms with van der Waals surface area (Å²) < 4.78 is 25.3. The Bertz CT molecular complexity index is 839. The Morgan fingerprint density at radius 1 is 1.12 bits per heavy atom. The second-order valence-corrected chi connectivity index (χ2v) is 8.18. The molecule has 2 rings (SSSR count). The first kappa shape index (κ1) is 19.4. The smallest absolute Gasteiger partial charge is 0.225 e. The third-order valence-corrected chi connectivity index (χ3v) is 5.46. The predicted octanol–water partition coefficient (Wildman–Crippen LogP) is 3.44. The lowest BCUT2D eigenvalue weighted by Gasteiger charge is -2.20. The lowest BCUT2D eigenvalue weighted by molar-refractivity contribution is -0.116. The molecular formula is C18H21ClN2O3S. The van der Waals surface area contributed by atoms with E-state index in [1.807, 2.05) is 37.3 Å². The van der Waals surface area contributed by atoms with Crippen LogP contribution in [0.4, 0.5) is 5.69 Å². The molecule has 0 aliphatic carbocycles. The lowest BCUT2D eigenvalue weighted by atomic mass is 10.2. The first-order valence-corrected chi connectivity index (χ1v) is 10.0. The van der Waals surface area contributed by atoms with Crippen LogP contribution in [0.15, 0.2) is 48.5 Å². The summed E-state index contributed by atoms with van der Waals surface area (Å²) in [4.78, 5) is 12.2. The standard InChI is InChI=1S/C18H21ClN2O3S/c1-14-16(19)9-6-10-17(14)20-18(22)11-12-21(25(2,23)24)13-15-7-4-3-5-8-15/h3-10H,11-13H2,1-2H3,(H,20,22). The van der Waals surface area contributed by atoms with Crippen LogP contribution in [0, 0.1) is 6.92 Å². The molecule has 134 valence electrons. The van der Waals surface area contributed by atoms with Crippen LogP contribution in [0.3, 0.4) is 0 Å². The quantitative estimate of drug-likeness (QED) is 0.800. The van der Waals surface area contributed by atoms with Crippen molar-refractivity contribution >= 4 is 33.2 Å². The highest BCUT2D eigenvalue weighted by Crippen LogP contribution is 2.23. The van der Waals surface area contributed by atoms with Crippen LogP contribution in [0.2, 0.25) is 5.02 Å². The minimum atomic E-state index is -3.41. The van der Waals surface area contributed by atoms with E-state index in [0.717, 1.165) is 17.4 Å². The number of anilines is 1. The molecule has 0 atom stereocenters. The van der Waals surface area contributed by atoms with Gasteiger partial charge in [-0.05, 0) is 30.2 Å². The normalized spacial score (nSPS) is 11.5. The van der Waals surface area contributed by atoms with Crippen molar-refractivity contribution in [1.29, 1.82) is 0 Å². The van der Waals surface area contributed by atoms with Gasteiger partial charge >= 0.3 is 0 Å². The zero-order chi connectivity index (χ0) is 18.4. The van der Waals surface area contributed by atoms with E-state index in [-0.39, 0.29) is 25.4 Å². The molecule has 0 saturated heterocycles. The summed E-state index contributed by atoms with van der Waals surface area (Å²) in [5.41, 5.74) is 2.28. The third kappa shape index (κ3) is 5.85. The monoisotopic (exact) mass is 380 g/mol. The highest BCUT2D eigenvalue weighted by atomic mass is 35.5. The number of carbonyl (C=O) groups is 1. The molecule has 1 N–H and O–H groups in total. The average molecular weight is 381 g/mol. The maximum atomic E-state index is 12.2. The number of nitrogens with one attached hydrogen (secondary N) is 1. The van der Waals surface area contributed by atoms with Gasteiger partial charge in [0.2, 0.25) is 15.9 Å². The van der Waals surface area contributed by atoms with Gasteiger partial charge in [-0.2, -0.15) is 4.31 Å². The van der Waals surface area contributed by atoms with Gasteiger partial charge in [0.25, 0.3) is 0 Å². The van der Waals surface area contributed by atoms with Gasteiger partial charge in [-0.3, -0.25) is 4.79 Å². The second kappa shape index (κ2) is 8.47. The summed E-state index contributed by atoms with van der Waals surface area (Å²) in [6.45, 7) is 2.17. The molecular weight excluding hydrogens is 360 g/mol. The fraction of sp³-hybridized carbons (Fsp3) is 0.278. The summed E-state index contributed by atoms with van der Waals surface area (Å²) >= 11 is 6.04. The largest absolute Gasteiger partial charge is 0.326 e. The molecule has 2 aromatic rings. The number of hydrogen-bond donors (Lipinski definition) is 1. The van der Waals surface area contributed by atoms with Gasteiger partial charge in [-0.1, -0.05) is 48.0 Å². The minimum Gasteiger partial charge on any atom is -0.326 e. The zero-order valence-corrected chi connectivity index (χ0v) is 15.8. The number of hydrogen-bond acceptors (Lipinski definition) is 3. The Kier molecular flexibility index (Phi) is 6.58. The molecule has 0 aliphatic rings. The number of amides is 1.